The van der Waals surface area contributed by atoms with Crippen LogP contribution >= 0.6 is 0 Å². The van der Waals surface area contributed by atoms with Gasteiger partial charge in [-0.25, -0.2) is 0 Å². The summed E-state index contributed by atoms with van der Waals surface area (Å²) in [6, 6.07) is 3.87. The highest BCUT2D eigenvalue weighted by molar-refractivity contribution is 5.40. The number of nitrogens with one attached hydrogen (secondary N) is 1. The third kappa shape index (κ3) is 3.90. The molecule has 0 saturated carbocycles. The van der Waals surface area contributed by atoms with Gasteiger partial charge in [0.05, 0.1) is 0 Å². The van der Waals surface area contributed by atoms with Crippen molar-refractivity contribution < 1.29 is 5.11 Å². The Labute approximate surface area is 78.8 Å². The molecule has 0 spiro atoms. The molecule has 3 nitrogen and oxygen atoms in total. The lowest BCUT2D eigenvalue weighted by atomic mass is 10.1. The van der Waals surface area contributed by atoms with Crippen LogP contribution in [0.1, 0.15) is 13.3 Å². The van der Waals surface area contributed by atoms with E-state index >= 15 is 0 Å². The first-order valence-corrected chi connectivity index (χ1v) is 4.57. The summed E-state index contributed by atoms with van der Waals surface area (Å²) in [7, 11) is 0. The molecule has 1 heterocycles. The van der Waals surface area contributed by atoms with Crippen molar-refractivity contribution in [2.45, 2.75) is 13.3 Å². The fourth-order valence-corrected chi connectivity index (χ4v) is 1.08. The highest BCUT2D eigenvalue weighted by atomic mass is 16.3. The minimum absolute atomic E-state index is 0.263. The average Bonchev–Trinajstić information content (AvgIpc) is 2.17. The smallest absolute Gasteiger partial charge is 0.0434 e. The van der Waals surface area contributed by atoms with E-state index in [4.69, 9.17) is 5.11 Å². The van der Waals surface area contributed by atoms with Crippen molar-refractivity contribution in [1.29, 1.82) is 0 Å². The number of hydrogen-bond donors (Lipinski definition) is 2. The predicted molar refractivity (Wildman–Crippen MR) is 53.6 cm³/mol. The van der Waals surface area contributed by atoms with Gasteiger partial charge in [-0.2, -0.15) is 0 Å². The molecule has 0 aliphatic heterocycles. The van der Waals surface area contributed by atoms with Gasteiger partial charge in [-0.15, -0.1) is 0 Å². The average molecular weight is 180 g/mol. The van der Waals surface area contributed by atoms with Crippen LogP contribution in [0.4, 0.5) is 5.69 Å². The zero-order valence-corrected chi connectivity index (χ0v) is 7.90. The Balaban J connectivity index is 2.27. The maximum atomic E-state index is 8.70. The minimum atomic E-state index is 0.263. The van der Waals surface area contributed by atoms with Gasteiger partial charge in [-0.05, 0) is 24.5 Å². The van der Waals surface area contributed by atoms with Crippen LogP contribution in [0.25, 0.3) is 0 Å². The monoisotopic (exact) mass is 180 g/mol. The Morgan fingerprint density at radius 1 is 1.46 bits per heavy atom. The van der Waals surface area contributed by atoms with Crippen LogP contribution in [0.5, 0.6) is 0 Å². The largest absolute Gasteiger partial charge is 0.396 e. The Bertz CT molecular complexity index is 226. The van der Waals surface area contributed by atoms with E-state index < -0.39 is 0 Å². The van der Waals surface area contributed by atoms with E-state index in [2.05, 4.69) is 17.2 Å². The molecule has 13 heavy (non-hydrogen) atoms. The molecule has 1 rings (SSSR count). The number of aliphatic hydroxyl groups excluding tert-OH is 1. The molecule has 2 N–H and O–H groups in total. The zero-order chi connectivity index (χ0) is 9.52. The van der Waals surface area contributed by atoms with Crippen LogP contribution in [0, 0.1) is 5.92 Å². The number of aliphatic hydroxyl groups is 1. The van der Waals surface area contributed by atoms with Crippen LogP contribution in [0.2, 0.25) is 0 Å². The third-order valence-electron chi connectivity index (χ3n) is 1.96. The van der Waals surface area contributed by atoms with Crippen LogP contribution < -0.4 is 5.32 Å². The molecular weight excluding hydrogens is 164 g/mol. The first kappa shape index (κ1) is 9.99. The highest BCUT2D eigenvalue weighted by Crippen LogP contribution is 2.06. The second-order valence-corrected chi connectivity index (χ2v) is 3.23. The minimum Gasteiger partial charge on any atom is -0.396 e. The standard InChI is InChI=1S/C10H16N2O/c1-9(4-7-13)8-12-10-2-5-11-6-3-10/h2-3,5-6,9,13H,4,7-8H2,1H3,(H,11,12). The van der Waals surface area contributed by atoms with E-state index in [0.717, 1.165) is 18.7 Å². The summed E-state index contributed by atoms with van der Waals surface area (Å²) in [5, 5.41) is 12.0. The molecule has 72 valence electrons. The quantitative estimate of drug-likeness (QED) is 0.722. The van der Waals surface area contributed by atoms with Gasteiger partial charge in [-0.3, -0.25) is 4.98 Å². The van der Waals surface area contributed by atoms with Crippen LogP contribution in [-0.2, 0) is 0 Å². The van der Waals surface area contributed by atoms with Crippen LogP contribution in [0.3, 0.4) is 0 Å². The maximum absolute atomic E-state index is 8.70. The van der Waals surface area contributed by atoms with Gasteiger partial charge in [0.15, 0.2) is 0 Å². The van der Waals surface area contributed by atoms with E-state index in [0.29, 0.717) is 5.92 Å². The molecule has 0 aromatic carbocycles. The summed E-state index contributed by atoms with van der Waals surface area (Å²) in [5.41, 5.74) is 1.08. The summed E-state index contributed by atoms with van der Waals surface area (Å²) in [6.45, 7) is 3.27. The number of rotatable bonds is 5. The van der Waals surface area contributed by atoms with Crippen molar-refractivity contribution in [2.75, 3.05) is 18.5 Å². The van der Waals surface area contributed by atoms with Gasteiger partial charge in [0.2, 0.25) is 0 Å². The fraction of sp³-hybridized carbons (Fsp3) is 0.500. The van der Waals surface area contributed by atoms with Crippen LogP contribution in [0.15, 0.2) is 24.5 Å². The second kappa shape index (κ2) is 5.54. The van der Waals surface area contributed by atoms with Gasteiger partial charge in [-0.1, -0.05) is 6.92 Å². The van der Waals surface area contributed by atoms with Gasteiger partial charge < -0.3 is 10.4 Å². The molecule has 1 aromatic heterocycles. The summed E-state index contributed by atoms with van der Waals surface area (Å²) >= 11 is 0. The van der Waals surface area contributed by atoms with E-state index in [-0.39, 0.29) is 6.61 Å². The molecule has 0 saturated heterocycles. The maximum Gasteiger partial charge on any atom is 0.0434 e. The lowest BCUT2D eigenvalue weighted by Crippen LogP contribution is -2.12. The molecule has 0 radical (unpaired) electrons. The zero-order valence-electron chi connectivity index (χ0n) is 7.90. The molecule has 0 amide bonds. The lowest BCUT2D eigenvalue weighted by Gasteiger charge is -2.11. The van der Waals surface area contributed by atoms with Gasteiger partial charge in [0, 0.05) is 31.2 Å². The molecule has 0 aliphatic carbocycles. The topological polar surface area (TPSA) is 45.1 Å². The molecule has 1 unspecified atom stereocenters. The Hall–Kier alpha value is -1.09. The number of aromatic nitrogens is 1. The fourth-order valence-electron chi connectivity index (χ4n) is 1.08. The van der Waals surface area contributed by atoms with Gasteiger partial charge in [0.1, 0.15) is 0 Å². The summed E-state index contributed by atoms with van der Waals surface area (Å²) < 4.78 is 0. The number of hydrogen-bond acceptors (Lipinski definition) is 3. The summed E-state index contributed by atoms with van der Waals surface area (Å²) in [5.74, 6) is 0.498. The first-order valence-electron chi connectivity index (χ1n) is 4.57. The lowest BCUT2D eigenvalue weighted by molar-refractivity contribution is 0.266. The van der Waals surface area contributed by atoms with Crippen molar-refractivity contribution in [3.8, 4) is 0 Å². The van der Waals surface area contributed by atoms with E-state index in [1.165, 1.54) is 0 Å². The third-order valence-corrected chi connectivity index (χ3v) is 1.96. The molecule has 3 heteroatoms. The summed E-state index contributed by atoms with van der Waals surface area (Å²) in [4.78, 5) is 3.93. The van der Waals surface area contributed by atoms with Crippen molar-refractivity contribution in [2.24, 2.45) is 5.92 Å². The second-order valence-electron chi connectivity index (χ2n) is 3.23. The Morgan fingerprint density at radius 3 is 2.77 bits per heavy atom. The van der Waals surface area contributed by atoms with E-state index in [1.54, 1.807) is 12.4 Å². The molecular formula is C10H16N2O. The molecule has 0 fully saturated rings. The molecule has 1 atom stereocenters. The van der Waals surface area contributed by atoms with E-state index in [1.807, 2.05) is 12.1 Å². The number of nitrogens with zero attached hydrogens (tertiary/aromatic N) is 1. The molecule has 0 bridgehead atoms. The van der Waals surface area contributed by atoms with Crippen molar-refractivity contribution in [1.82, 2.24) is 4.98 Å². The number of anilines is 1. The normalized spacial score (nSPS) is 12.5. The summed E-state index contributed by atoms with van der Waals surface area (Å²) in [6.07, 6.45) is 4.37. The predicted octanol–water partition coefficient (Wildman–Crippen LogP) is 1.51. The van der Waals surface area contributed by atoms with E-state index in [9.17, 15) is 0 Å². The number of pyridine rings is 1. The SMILES string of the molecule is CC(CCO)CNc1ccncc1. The molecule has 1 aromatic rings. The Kier molecular flexibility index (Phi) is 4.26. The van der Waals surface area contributed by atoms with Crippen molar-refractivity contribution in [3.63, 3.8) is 0 Å². The van der Waals surface area contributed by atoms with Gasteiger partial charge in [0.25, 0.3) is 0 Å². The van der Waals surface area contributed by atoms with Crippen molar-refractivity contribution >= 4 is 5.69 Å². The molecule has 0 aliphatic rings. The Morgan fingerprint density at radius 2 is 2.15 bits per heavy atom. The first-order chi connectivity index (χ1) is 6.33. The van der Waals surface area contributed by atoms with Crippen molar-refractivity contribution in [3.05, 3.63) is 24.5 Å². The van der Waals surface area contributed by atoms with Gasteiger partial charge >= 0.3 is 0 Å². The highest BCUT2D eigenvalue weighted by Gasteiger charge is 1.99. The van der Waals surface area contributed by atoms with Crippen LogP contribution in [-0.4, -0.2) is 23.2 Å².